The van der Waals surface area contributed by atoms with Crippen molar-refractivity contribution in [3.05, 3.63) is 58.5 Å². The van der Waals surface area contributed by atoms with Gasteiger partial charge in [0.15, 0.2) is 17.3 Å². The van der Waals surface area contributed by atoms with Crippen LogP contribution in [0.1, 0.15) is 11.7 Å². The molecule has 7 nitrogen and oxygen atoms in total. The Hall–Kier alpha value is -2.87. The highest BCUT2D eigenvalue weighted by Crippen LogP contribution is 2.23. The first-order valence-corrected chi connectivity index (χ1v) is 6.72. The minimum Gasteiger partial charge on any atom is -0.494 e. The number of benzene rings is 1. The molecule has 2 heterocycles. The van der Waals surface area contributed by atoms with E-state index in [9.17, 15) is 14.3 Å². The summed E-state index contributed by atoms with van der Waals surface area (Å²) in [5.41, 5.74) is 0.290. The predicted molar refractivity (Wildman–Crippen MR) is 76.4 cm³/mol. The summed E-state index contributed by atoms with van der Waals surface area (Å²) in [7, 11) is 1.35. The third-order valence-electron chi connectivity index (χ3n) is 3.24. The zero-order valence-corrected chi connectivity index (χ0v) is 12.1. The first kappa shape index (κ1) is 15.0. The van der Waals surface area contributed by atoms with Gasteiger partial charge in [-0.25, -0.2) is 9.18 Å². The Bertz CT molecular complexity index is 853. The quantitative estimate of drug-likeness (QED) is 0.773. The number of methoxy groups -OCH3 is 1. The number of hydrogen-bond donors (Lipinski definition) is 1. The number of halogens is 1. The summed E-state index contributed by atoms with van der Waals surface area (Å²) in [6, 6.07) is 7.26. The van der Waals surface area contributed by atoms with E-state index in [2.05, 4.69) is 5.10 Å². The molecule has 0 saturated carbocycles. The number of nitrogens with zero attached hydrogens (tertiary/aromatic N) is 2. The molecule has 1 N–H and O–H groups in total. The molecule has 0 amide bonds. The van der Waals surface area contributed by atoms with Gasteiger partial charge in [0, 0.05) is 0 Å². The predicted octanol–water partition coefficient (Wildman–Crippen LogP) is 1.98. The van der Waals surface area contributed by atoms with Gasteiger partial charge in [-0.05, 0) is 29.8 Å². The highest BCUT2D eigenvalue weighted by atomic mass is 19.1. The largest absolute Gasteiger partial charge is 0.494 e. The highest BCUT2D eigenvalue weighted by molar-refractivity contribution is 5.42. The van der Waals surface area contributed by atoms with Crippen LogP contribution in [-0.4, -0.2) is 22.0 Å². The molecule has 0 aliphatic heterocycles. The Morgan fingerprint density at radius 2 is 2.26 bits per heavy atom. The van der Waals surface area contributed by atoms with Crippen LogP contribution in [-0.2, 0) is 6.54 Å². The number of aromatic nitrogens is 2. The molecular formula is C15H13FN2O5. The normalized spacial score (nSPS) is 12.3. The SMILES string of the molecule is COc1ccc(C(O)Cn2nc(-c3ccco3)oc2=O)cc1F. The van der Waals surface area contributed by atoms with Crippen LogP contribution in [0.3, 0.4) is 0 Å². The Morgan fingerprint density at radius 3 is 2.91 bits per heavy atom. The number of aliphatic hydroxyl groups is 1. The van der Waals surface area contributed by atoms with E-state index in [1.807, 2.05) is 0 Å². The lowest BCUT2D eigenvalue weighted by Crippen LogP contribution is -2.20. The second-order valence-corrected chi connectivity index (χ2v) is 4.74. The minimum atomic E-state index is -1.14. The van der Waals surface area contributed by atoms with Crippen molar-refractivity contribution < 1.29 is 23.1 Å². The number of aliphatic hydroxyl groups excluding tert-OH is 1. The van der Waals surface area contributed by atoms with Gasteiger partial charge in [0.1, 0.15) is 0 Å². The van der Waals surface area contributed by atoms with Gasteiger partial charge in [-0.2, -0.15) is 4.68 Å². The smallest absolute Gasteiger partial charge is 0.437 e. The molecule has 1 atom stereocenters. The standard InChI is InChI=1S/C15H13FN2O5/c1-21-12-5-4-9(7-10(12)16)11(19)8-18-15(20)23-14(17-18)13-3-2-6-22-13/h2-7,11,19H,8H2,1H3. The number of rotatable bonds is 5. The Morgan fingerprint density at radius 1 is 1.43 bits per heavy atom. The van der Waals surface area contributed by atoms with Crippen LogP contribution in [0, 0.1) is 5.82 Å². The van der Waals surface area contributed by atoms with Gasteiger partial charge in [-0.3, -0.25) is 0 Å². The molecule has 0 bridgehead atoms. The minimum absolute atomic E-state index is 0.00751. The average Bonchev–Trinajstić information content (AvgIpc) is 3.17. The van der Waals surface area contributed by atoms with E-state index >= 15 is 0 Å². The van der Waals surface area contributed by atoms with Crippen LogP contribution < -0.4 is 10.5 Å². The molecule has 2 aromatic heterocycles. The van der Waals surface area contributed by atoms with Crippen molar-refractivity contribution in [2.75, 3.05) is 7.11 Å². The summed E-state index contributed by atoms with van der Waals surface area (Å²) in [5.74, 6) is -0.976. The maximum absolute atomic E-state index is 13.7. The van der Waals surface area contributed by atoms with Gasteiger partial charge in [0.05, 0.1) is 26.0 Å². The van der Waals surface area contributed by atoms with Crippen LogP contribution in [0.4, 0.5) is 4.39 Å². The molecule has 0 spiro atoms. The van der Waals surface area contributed by atoms with E-state index < -0.39 is 17.7 Å². The van der Waals surface area contributed by atoms with Crippen molar-refractivity contribution in [3.8, 4) is 17.4 Å². The first-order chi connectivity index (χ1) is 11.1. The number of ether oxygens (including phenoxy) is 1. The molecule has 1 aromatic carbocycles. The van der Waals surface area contributed by atoms with Crippen molar-refractivity contribution in [3.63, 3.8) is 0 Å². The van der Waals surface area contributed by atoms with Gasteiger partial charge in [-0.1, -0.05) is 6.07 Å². The van der Waals surface area contributed by atoms with E-state index in [0.29, 0.717) is 5.76 Å². The van der Waals surface area contributed by atoms with E-state index in [-0.39, 0.29) is 23.7 Å². The lowest BCUT2D eigenvalue weighted by Gasteiger charge is -2.11. The van der Waals surface area contributed by atoms with Crippen LogP contribution in [0.15, 0.2) is 50.2 Å². The molecule has 23 heavy (non-hydrogen) atoms. The fourth-order valence-corrected chi connectivity index (χ4v) is 2.08. The molecule has 0 aliphatic carbocycles. The summed E-state index contributed by atoms with van der Waals surface area (Å²) in [6.07, 6.45) is 0.284. The van der Waals surface area contributed by atoms with Crippen LogP contribution in [0.2, 0.25) is 0 Å². The summed E-state index contributed by atoms with van der Waals surface area (Å²) in [4.78, 5) is 11.8. The van der Waals surface area contributed by atoms with Crippen LogP contribution in [0.5, 0.6) is 5.75 Å². The molecule has 1 unspecified atom stereocenters. The highest BCUT2D eigenvalue weighted by Gasteiger charge is 2.17. The molecule has 8 heteroatoms. The fraction of sp³-hybridized carbons (Fsp3) is 0.200. The maximum atomic E-state index is 13.7. The molecule has 0 fully saturated rings. The summed E-state index contributed by atoms with van der Waals surface area (Å²) >= 11 is 0. The molecule has 0 aliphatic rings. The topological polar surface area (TPSA) is 90.6 Å². The Balaban J connectivity index is 1.82. The van der Waals surface area contributed by atoms with Crippen molar-refractivity contribution in [2.45, 2.75) is 12.6 Å². The van der Waals surface area contributed by atoms with Crippen molar-refractivity contribution in [2.24, 2.45) is 0 Å². The summed E-state index contributed by atoms with van der Waals surface area (Å²) in [5, 5.41) is 14.1. The van der Waals surface area contributed by atoms with Gasteiger partial charge in [0.2, 0.25) is 0 Å². The second kappa shape index (κ2) is 6.09. The van der Waals surface area contributed by atoms with E-state index in [1.165, 1.54) is 25.5 Å². The zero-order chi connectivity index (χ0) is 16.4. The fourth-order valence-electron chi connectivity index (χ4n) is 2.08. The van der Waals surface area contributed by atoms with Crippen molar-refractivity contribution in [1.29, 1.82) is 0 Å². The van der Waals surface area contributed by atoms with Crippen LogP contribution in [0.25, 0.3) is 11.7 Å². The Kier molecular flexibility index (Phi) is 3.98. The van der Waals surface area contributed by atoms with Crippen LogP contribution >= 0.6 is 0 Å². The molecule has 0 saturated heterocycles. The lowest BCUT2D eigenvalue weighted by molar-refractivity contribution is 0.148. The third kappa shape index (κ3) is 3.02. The van der Waals surface area contributed by atoms with Gasteiger partial charge in [0.25, 0.3) is 5.89 Å². The first-order valence-electron chi connectivity index (χ1n) is 6.72. The Labute approximate surface area is 129 Å². The molecule has 3 rings (SSSR count). The van der Waals surface area contributed by atoms with Gasteiger partial charge >= 0.3 is 5.76 Å². The van der Waals surface area contributed by atoms with E-state index in [1.54, 1.807) is 12.1 Å². The average molecular weight is 320 g/mol. The maximum Gasteiger partial charge on any atom is 0.437 e. The van der Waals surface area contributed by atoms with Crippen molar-refractivity contribution in [1.82, 2.24) is 9.78 Å². The summed E-state index contributed by atoms with van der Waals surface area (Å²) < 4.78 is 29.5. The second-order valence-electron chi connectivity index (χ2n) is 4.74. The number of hydrogen-bond acceptors (Lipinski definition) is 6. The number of furan rings is 1. The van der Waals surface area contributed by atoms with Gasteiger partial charge < -0.3 is 18.7 Å². The van der Waals surface area contributed by atoms with E-state index in [4.69, 9.17) is 13.6 Å². The molecular weight excluding hydrogens is 307 g/mol. The third-order valence-corrected chi connectivity index (χ3v) is 3.24. The van der Waals surface area contributed by atoms with Crippen molar-refractivity contribution >= 4 is 0 Å². The molecule has 3 aromatic rings. The van der Waals surface area contributed by atoms with E-state index in [0.717, 1.165) is 10.7 Å². The lowest BCUT2D eigenvalue weighted by atomic mass is 10.1. The summed E-state index contributed by atoms with van der Waals surface area (Å²) in [6.45, 7) is -0.186. The molecule has 120 valence electrons. The van der Waals surface area contributed by atoms with Gasteiger partial charge in [-0.15, -0.1) is 5.10 Å². The molecule has 0 radical (unpaired) electrons. The monoisotopic (exact) mass is 320 g/mol. The zero-order valence-electron chi connectivity index (χ0n) is 12.1.